The topological polar surface area (TPSA) is 42.3 Å². The number of hydrogen-bond donors (Lipinski definition) is 0. The van der Waals surface area contributed by atoms with Crippen LogP contribution in [0.15, 0.2) is 91.0 Å². The first-order valence-electron chi connectivity index (χ1n) is 14.6. The molecule has 0 aliphatic carbocycles. The number of imide groups is 1. The van der Waals surface area contributed by atoms with Gasteiger partial charge >= 0.3 is 12.4 Å². The fourth-order valence-electron chi connectivity index (χ4n) is 6.62. The van der Waals surface area contributed by atoms with Gasteiger partial charge in [-0.3, -0.25) is 14.5 Å². The number of benzene rings is 5. The molecule has 6 aromatic rings. The van der Waals surface area contributed by atoms with Crippen molar-refractivity contribution in [3.63, 3.8) is 0 Å². The minimum atomic E-state index is -4.62. The van der Waals surface area contributed by atoms with Gasteiger partial charge in [0.15, 0.2) is 0 Å². The number of alkyl halides is 6. The minimum Gasteiger partial charge on any atom is -0.308 e. The van der Waals surface area contributed by atoms with Gasteiger partial charge < -0.3 is 4.57 Å². The molecule has 5 aromatic carbocycles. The maximum atomic E-state index is 14.0. The normalized spacial score (nSPS) is 13.7. The molecule has 0 saturated heterocycles. The molecule has 0 bridgehead atoms. The van der Waals surface area contributed by atoms with Crippen molar-refractivity contribution in [2.45, 2.75) is 26.2 Å². The van der Waals surface area contributed by atoms with Crippen LogP contribution in [0.25, 0.3) is 49.7 Å². The Morgan fingerprint density at radius 3 is 1.47 bits per heavy atom. The lowest BCUT2D eigenvalue weighted by atomic mass is 9.92. The smallest absolute Gasteiger partial charge is 0.308 e. The summed E-state index contributed by atoms with van der Waals surface area (Å²) in [6.07, 6.45) is -9.24. The highest BCUT2D eigenvalue weighted by atomic mass is 19.4. The van der Waals surface area contributed by atoms with Crippen LogP contribution < -0.4 is 0 Å². The lowest BCUT2D eigenvalue weighted by Gasteiger charge is -2.14. The molecule has 2 amide bonds. The van der Waals surface area contributed by atoms with E-state index >= 15 is 0 Å². The van der Waals surface area contributed by atoms with Gasteiger partial charge in [0, 0.05) is 17.8 Å². The molecule has 1 aliphatic rings. The zero-order valence-electron chi connectivity index (χ0n) is 25.1. The third-order valence-electron chi connectivity index (χ3n) is 8.59. The molecular weight excluding hydrogens is 618 g/mol. The Bertz CT molecular complexity index is 2190. The lowest BCUT2D eigenvalue weighted by Crippen LogP contribution is -2.24. The number of halogens is 6. The van der Waals surface area contributed by atoms with Crippen molar-refractivity contribution in [1.29, 1.82) is 0 Å². The van der Waals surface area contributed by atoms with Gasteiger partial charge in [0.1, 0.15) is 0 Å². The maximum absolute atomic E-state index is 14.0. The number of aromatic nitrogens is 1. The van der Waals surface area contributed by atoms with Crippen LogP contribution in [0, 0.1) is 13.8 Å². The van der Waals surface area contributed by atoms with Crippen LogP contribution in [0.2, 0.25) is 0 Å². The van der Waals surface area contributed by atoms with E-state index in [0.29, 0.717) is 49.7 Å². The number of carbonyl (C=O) groups excluding carboxylic acids is 2. The van der Waals surface area contributed by atoms with Crippen LogP contribution in [0.1, 0.15) is 43.0 Å². The molecule has 2 heterocycles. The van der Waals surface area contributed by atoms with Gasteiger partial charge in [0.2, 0.25) is 0 Å². The molecule has 0 unspecified atom stereocenters. The van der Waals surface area contributed by atoms with Crippen molar-refractivity contribution in [2.24, 2.45) is 0 Å². The number of nitrogens with zero attached hydrogens (tertiary/aromatic N) is 2. The highest BCUT2D eigenvalue weighted by molar-refractivity contribution is 6.25. The van der Waals surface area contributed by atoms with Crippen LogP contribution in [0.4, 0.5) is 26.3 Å². The zero-order chi connectivity index (χ0) is 33.6. The minimum absolute atomic E-state index is 0.152. The van der Waals surface area contributed by atoms with E-state index in [9.17, 15) is 35.9 Å². The quantitative estimate of drug-likeness (QED) is 0.142. The molecule has 47 heavy (non-hydrogen) atoms. The summed E-state index contributed by atoms with van der Waals surface area (Å²) in [6.45, 7) is 3.12. The second kappa shape index (κ2) is 10.3. The van der Waals surface area contributed by atoms with Crippen LogP contribution >= 0.6 is 0 Å². The Balaban J connectivity index is 1.66. The Morgan fingerprint density at radius 1 is 0.553 bits per heavy atom. The van der Waals surface area contributed by atoms with Crippen molar-refractivity contribution in [3.05, 3.63) is 124 Å². The van der Waals surface area contributed by atoms with Gasteiger partial charge in [0.05, 0.1) is 39.0 Å². The number of carbonyl (C=O) groups is 2. The van der Waals surface area contributed by atoms with Crippen LogP contribution in [0.3, 0.4) is 0 Å². The highest BCUT2D eigenvalue weighted by Gasteiger charge is 2.37. The number of fused-ring (bicyclic) bond motifs is 4. The van der Waals surface area contributed by atoms with Crippen LogP contribution in [-0.4, -0.2) is 28.3 Å². The summed E-state index contributed by atoms with van der Waals surface area (Å²) in [5.74, 6) is -1.00. The largest absolute Gasteiger partial charge is 0.416 e. The fourth-order valence-corrected chi connectivity index (χ4v) is 6.62. The summed E-state index contributed by atoms with van der Waals surface area (Å²) in [7, 11) is 1.38. The summed E-state index contributed by atoms with van der Waals surface area (Å²) >= 11 is 0. The molecular formula is C37H24F6N2O2. The van der Waals surface area contributed by atoms with E-state index in [0.717, 1.165) is 29.2 Å². The first-order valence-corrected chi connectivity index (χ1v) is 14.6. The molecule has 0 saturated carbocycles. The molecule has 7 rings (SSSR count). The number of aryl methyl sites for hydroxylation is 2. The van der Waals surface area contributed by atoms with Gasteiger partial charge in [-0.2, -0.15) is 26.3 Å². The summed E-state index contributed by atoms with van der Waals surface area (Å²) in [5, 5.41) is 0.962. The van der Waals surface area contributed by atoms with Crippen molar-refractivity contribution in [3.8, 4) is 27.9 Å². The lowest BCUT2D eigenvalue weighted by molar-refractivity contribution is -0.138. The van der Waals surface area contributed by atoms with E-state index in [1.807, 2.05) is 0 Å². The average molecular weight is 643 g/mol. The summed E-state index contributed by atoms with van der Waals surface area (Å²) in [6, 6.07) is 22.5. The molecule has 0 N–H and O–H groups in total. The summed E-state index contributed by atoms with van der Waals surface area (Å²) in [5.41, 5.74) is 2.13. The molecule has 0 spiro atoms. The molecule has 1 aromatic heterocycles. The maximum Gasteiger partial charge on any atom is 0.416 e. The molecule has 4 nitrogen and oxygen atoms in total. The van der Waals surface area contributed by atoms with E-state index in [1.165, 1.54) is 7.05 Å². The van der Waals surface area contributed by atoms with E-state index in [2.05, 4.69) is 0 Å². The SMILES string of the molecule is Cc1cc(-c2cccc3c2c2c(-c4cc(C)cc(C(F)(F)F)c4)cccc2n3-c2cccc3c2C(=O)N(C)C3=O)cc(C(F)(F)F)c1. The van der Waals surface area contributed by atoms with Crippen molar-refractivity contribution < 1.29 is 35.9 Å². The van der Waals surface area contributed by atoms with Gasteiger partial charge in [-0.05, 0) is 95.8 Å². The van der Waals surface area contributed by atoms with Crippen molar-refractivity contribution >= 4 is 33.6 Å². The molecule has 236 valence electrons. The summed E-state index contributed by atoms with van der Waals surface area (Å²) in [4.78, 5) is 27.3. The average Bonchev–Trinajstić information content (AvgIpc) is 3.47. The van der Waals surface area contributed by atoms with Gasteiger partial charge in [-0.1, -0.05) is 42.5 Å². The molecule has 1 aliphatic heterocycles. The van der Waals surface area contributed by atoms with E-state index in [4.69, 9.17) is 0 Å². The molecule has 10 heteroatoms. The Morgan fingerprint density at radius 2 is 1.00 bits per heavy atom. The highest BCUT2D eigenvalue weighted by Crippen LogP contribution is 2.46. The third-order valence-corrected chi connectivity index (χ3v) is 8.59. The standard InChI is InChI=1S/C37H24F6N2O2/c1-19-13-21(17-23(15-19)36(38,39)40)25-7-4-10-28-31(25)32-26(22-14-20(2)16-24(18-22)37(41,42)43)8-5-11-29(32)45(28)30-12-6-9-27-33(30)35(47)44(3)34(27)46/h4-18H,1-3H3. The predicted molar refractivity (Wildman–Crippen MR) is 168 cm³/mol. The number of rotatable bonds is 3. The number of amides is 2. The second-order valence-electron chi connectivity index (χ2n) is 11.8. The first-order chi connectivity index (χ1) is 22.1. The van der Waals surface area contributed by atoms with E-state index < -0.39 is 35.3 Å². The first kappa shape index (κ1) is 30.3. The van der Waals surface area contributed by atoms with E-state index in [1.54, 1.807) is 85.1 Å². The molecule has 0 radical (unpaired) electrons. The van der Waals surface area contributed by atoms with Gasteiger partial charge in [-0.15, -0.1) is 0 Å². The second-order valence-corrected chi connectivity index (χ2v) is 11.8. The van der Waals surface area contributed by atoms with Crippen molar-refractivity contribution in [2.75, 3.05) is 7.05 Å². The van der Waals surface area contributed by atoms with Gasteiger partial charge in [0.25, 0.3) is 11.8 Å². The number of hydrogen-bond acceptors (Lipinski definition) is 2. The van der Waals surface area contributed by atoms with Crippen LogP contribution in [-0.2, 0) is 12.4 Å². The third kappa shape index (κ3) is 4.78. The fraction of sp³-hybridized carbons (Fsp3) is 0.135. The van der Waals surface area contributed by atoms with Crippen LogP contribution in [0.5, 0.6) is 0 Å². The predicted octanol–water partition coefficient (Wildman–Crippen LogP) is 10.00. The molecule has 0 atom stereocenters. The summed E-state index contributed by atoms with van der Waals surface area (Å²) < 4.78 is 85.6. The van der Waals surface area contributed by atoms with Gasteiger partial charge in [-0.25, -0.2) is 0 Å². The Hall–Kier alpha value is -5.38. The Kier molecular flexibility index (Phi) is 6.65. The molecule has 0 fully saturated rings. The van der Waals surface area contributed by atoms with E-state index in [-0.39, 0.29) is 22.3 Å². The zero-order valence-corrected chi connectivity index (χ0v) is 25.1. The van der Waals surface area contributed by atoms with Crippen molar-refractivity contribution in [1.82, 2.24) is 9.47 Å². The Labute approximate surface area is 264 Å². The monoisotopic (exact) mass is 642 g/mol.